The standard InChI is InChI=1S/C12H17N5O5/c1-8(18)10-7-16(14-13-10)3-2-9-6-15(11(19)20)4-5-17(9)12(21)22/h7,9H,2-6H2,1H3,(H,19,20)(H,21,22)/t9-/m1/s1. The summed E-state index contributed by atoms with van der Waals surface area (Å²) in [4.78, 5) is 35.8. The molecule has 0 spiro atoms. The number of hydrogen-bond acceptors (Lipinski definition) is 5. The monoisotopic (exact) mass is 311 g/mol. The molecule has 2 rings (SSSR count). The molecule has 2 N–H and O–H groups in total. The van der Waals surface area contributed by atoms with Crippen LogP contribution in [0.3, 0.4) is 0 Å². The number of ketones is 1. The number of rotatable bonds is 4. The second-order valence-corrected chi connectivity index (χ2v) is 5.07. The number of amides is 2. The summed E-state index contributed by atoms with van der Waals surface area (Å²) in [6, 6.07) is -0.452. The van der Waals surface area contributed by atoms with Crippen LogP contribution in [0.25, 0.3) is 0 Å². The van der Waals surface area contributed by atoms with Crippen molar-refractivity contribution in [1.29, 1.82) is 0 Å². The fraction of sp³-hybridized carbons (Fsp3) is 0.583. The molecular formula is C12H17N5O5. The zero-order chi connectivity index (χ0) is 16.3. The number of piperazine rings is 1. The van der Waals surface area contributed by atoms with E-state index in [-0.39, 0.29) is 31.1 Å². The Morgan fingerprint density at radius 1 is 1.27 bits per heavy atom. The number of carbonyl (C=O) groups excluding carboxylic acids is 1. The molecule has 1 atom stereocenters. The molecule has 1 saturated heterocycles. The van der Waals surface area contributed by atoms with Crippen LogP contribution in [-0.2, 0) is 6.54 Å². The van der Waals surface area contributed by atoms with E-state index in [1.165, 1.54) is 27.6 Å². The number of nitrogens with zero attached hydrogens (tertiary/aromatic N) is 5. The molecule has 22 heavy (non-hydrogen) atoms. The van der Waals surface area contributed by atoms with Crippen LogP contribution in [0.5, 0.6) is 0 Å². The van der Waals surface area contributed by atoms with Gasteiger partial charge in [-0.1, -0.05) is 5.21 Å². The highest BCUT2D eigenvalue weighted by Crippen LogP contribution is 2.14. The van der Waals surface area contributed by atoms with E-state index in [1.807, 2.05) is 0 Å². The summed E-state index contributed by atoms with van der Waals surface area (Å²) in [5.41, 5.74) is 0.242. The number of Topliss-reactive ketones (excluding diaryl/α,β-unsaturated/α-hetero) is 1. The molecule has 1 aliphatic rings. The molecule has 2 amide bonds. The Morgan fingerprint density at radius 2 is 2.00 bits per heavy atom. The topological polar surface area (TPSA) is 129 Å². The van der Waals surface area contributed by atoms with Crippen molar-refractivity contribution in [2.24, 2.45) is 0 Å². The van der Waals surface area contributed by atoms with E-state index >= 15 is 0 Å². The van der Waals surface area contributed by atoms with Gasteiger partial charge in [0.05, 0.1) is 12.2 Å². The Kier molecular flexibility index (Phi) is 4.59. The Morgan fingerprint density at radius 3 is 2.55 bits per heavy atom. The molecule has 1 aromatic heterocycles. The lowest BCUT2D eigenvalue weighted by Gasteiger charge is -2.38. The number of carbonyl (C=O) groups is 3. The van der Waals surface area contributed by atoms with E-state index in [4.69, 9.17) is 5.11 Å². The maximum Gasteiger partial charge on any atom is 0.407 e. The van der Waals surface area contributed by atoms with Gasteiger partial charge < -0.3 is 20.0 Å². The maximum absolute atomic E-state index is 11.2. The zero-order valence-electron chi connectivity index (χ0n) is 12.0. The molecule has 0 aliphatic carbocycles. The lowest BCUT2D eigenvalue weighted by molar-refractivity contribution is 0.0593. The highest BCUT2D eigenvalue weighted by atomic mass is 16.4. The van der Waals surface area contributed by atoms with E-state index < -0.39 is 18.2 Å². The van der Waals surface area contributed by atoms with Crippen molar-refractivity contribution in [3.63, 3.8) is 0 Å². The third-order valence-corrected chi connectivity index (χ3v) is 3.59. The SMILES string of the molecule is CC(=O)c1cn(CC[C@@H]2CN(C(=O)O)CCN2C(=O)O)nn1. The van der Waals surface area contributed by atoms with Crippen LogP contribution in [0.2, 0.25) is 0 Å². The van der Waals surface area contributed by atoms with E-state index in [0.29, 0.717) is 13.0 Å². The van der Waals surface area contributed by atoms with Crippen LogP contribution >= 0.6 is 0 Å². The van der Waals surface area contributed by atoms with Crippen LogP contribution in [0.15, 0.2) is 6.20 Å². The Bertz CT molecular complexity index is 586. The van der Waals surface area contributed by atoms with Gasteiger partial charge in [0.1, 0.15) is 5.69 Å². The minimum atomic E-state index is -1.07. The molecule has 10 nitrogen and oxygen atoms in total. The van der Waals surface area contributed by atoms with Crippen LogP contribution in [0, 0.1) is 0 Å². The first-order valence-electron chi connectivity index (χ1n) is 6.77. The normalized spacial score (nSPS) is 18.3. The third kappa shape index (κ3) is 3.51. The summed E-state index contributed by atoms with van der Waals surface area (Å²) in [5.74, 6) is -0.201. The Hall–Kier alpha value is -2.65. The van der Waals surface area contributed by atoms with Gasteiger partial charge in [-0.15, -0.1) is 5.10 Å². The predicted octanol–water partition coefficient (Wildman–Crippen LogP) is 0.213. The number of hydrogen-bond donors (Lipinski definition) is 2. The van der Waals surface area contributed by atoms with Crippen LogP contribution in [-0.4, -0.2) is 78.7 Å². The first-order valence-corrected chi connectivity index (χ1v) is 6.77. The van der Waals surface area contributed by atoms with Gasteiger partial charge in [-0.25, -0.2) is 9.59 Å². The minimum Gasteiger partial charge on any atom is -0.465 e. The first-order chi connectivity index (χ1) is 10.4. The van der Waals surface area contributed by atoms with E-state index in [0.717, 1.165) is 0 Å². The average Bonchev–Trinajstić information content (AvgIpc) is 2.93. The predicted molar refractivity (Wildman–Crippen MR) is 72.8 cm³/mol. The fourth-order valence-corrected chi connectivity index (χ4v) is 2.38. The summed E-state index contributed by atoms with van der Waals surface area (Å²) in [6.07, 6.45) is -0.255. The number of aryl methyl sites for hydroxylation is 1. The van der Waals surface area contributed by atoms with Crippen molar-refractivity contribution in [2.45, 2.75) is 25.9 Å². The highest BCUT2D eigenvalue weighted by Gasteiger charge is 2.32. The van der Waals surface area contributed by atoms with E-state index in [2.05, 4.69) is 10.3 Å². The van der Waals surface area contributed by atoms with Crippen molar-refractivity contribution in [2.75, 3.05) is 19.6 Å². The molecule has 0 saturated carbocycles. The summed E-state index contributed by atoms with van der Waals surface area (Å²) >= 11 is 0. The largest absolute Gasteiger partial charge is 0.465 e. The summed E-state index contributed by atoms with van der Waals surface area (Å²) in [6.45, 7) is 2.16. The number of carboxylic acid groups (broad SMARTS) is 2. The Labute approximate surface area is 125 Å². The Balaban J connectivity index is 2.01. The number of aromatic nitrogens is 3. The first kappa shape index (κ1) is 15.7. The molecule has 10 heteroatoms. The van der Waals surface area contributed by atoms with Gasteiger partial charge in [0, 0.05) is 33.1 Å². The van der Waals surface area contributed by atoms with Crippen molar-refractivity contribution in [1.82, 2.24) is 24.8 Å². The molecular weight excluding hydrogens is 294 g/mol. The average molecular weight is 311 g/mol. The minimum absolute atomic E-state index is 0.121. The smallest absolute Gasteiger partial charge is 0.407 e. The van der Waals surface area contributed by atoms with Gasteiger partial charge in [0.25, 0.3) is 0 Å². The summed E-state index contributed by atoms with van der Waals surface area (Å²) < 4.78 is 1.45. The molecule has 0 radical (unpaired) electrons. The van der Waals surface area contributed by atoms with Crippen molar-refractivity contribution in [3.8, 4) is 0 Å². The van der Waals surface area contributed by atoms with Gasteiger partial charge in [0.15, 0.2) is 5.78 Å². The molecule has 120 valence electrons. The lowest BCUT2D eigenvalue weighted by Crippen LogP contribution is -2.56. The molecule has 2 heterocycles. The van der Waals surface area contributed by atoms with Gasteiger partial charge in [-0.3, -0.25) is 9.48 Å². The second kappa shape index (κ2) is 6.41. The molecule has 0 bridgehead atoms. The van der Waals surface area contributed by atoms with E-state index in [9.17, 15) is 19.5 Å². The van der Waals surface area contributed by atoms with Crippen molar-refractivity contribution >= 4 is 18.0 Å². The summed E-state index contributed by atoms with van der Waals surface area (Å²) in [5, 5.41) is 25.7. The van der Waals surface area contributed by atoms with Gasteiger partial charge >= 0.3 is 12.2 Å². The quantitative estimate of drug-likeness (QED) is 0.760. The van der Waals surface area contributed by atoms with Gasteiger partial charge in [-0.2, -0.15) is 0 Å². The zero-order valence-corrected chi connectivity index (χ0v) is 12.0. The summed E-state index contributed by atoms with van der Waals surface area (Å²) in [7, 11) is 0. The lowest BCUT2D eigenvalue weighted by atomic mass is 10.1. The van der Waals surface area contributed by atoms with Crippen molar-refractivity contribution < 1.29 is 24.6 Å². The highest BCUT2D eigenvalue weighted by molar-refractivity contribution is 5.91. The molecule has 1 fully saturated rings. The molecule has 0 aromatic carbocycles. The fourth-order valence-electron chi connectivity index (χ4n) is 2.38. The van der Waals surface area contributed by atoms with Crippen molar-refractivity contribution in [3.05, 3.63) is 11.9 Å². The molecule has 0 unspecified atom stereocenters. The van der Waals surface area contributed by atoms with Crippen LogP contribution in [0.1, 0.15) is 23.8 Å². The molecule has 1 aromatic rings. The van der Waals surface area contributed by atoms with Crippen LogP contribution in [0.4, 0.5) is 9.59 Å². The van der Waals surface area contributed by atoms with Crippen LogP contribution < -0.4 is 0 Å². The van der Waals surface area contributed by atoms with Gasteiger partial charge in [-0.05, 0) is 6.42 Å². The van der Waals surface area contributed by atoms with E-state index in [1.54, 1.807) is 0 Å². The second-order valence-electron chi connectivity index (χ2n) is 5.07. The molecule has 1 aliphatic heterocycles. The van der Waals surface area contributed by atoms with Gasteiger partial charge in [0.2, 0.25) is 0 Å². The maximum atomic E-state index is 11.2. The third-order valence-electron chi connectivity index (χ3n) is 3.59.